The zero-order valence-electron chi connectivity index (χ0n) is 20.2. The molecular weight excluding hydrogens is 456 g/mol. The van der Waals surface area contributed by atoms with Crippen molar-refractivity contribution in [2.75, 3.05) is 31.1 Å². The number of halogens is 2. The minimum Gasteiger partial charge on any atom is -0.311 e. The average Bonchev–Trinajstić information content (AvgIpc) is 3.09. The number of amides is 1. The van der Waals surface area contributed by atoms with Crippen LogP contribution >= 0.6 is 0 Å². The highest BCUT2D eigenvalue weighted by atomic mass is 19.1. The monoisotopic (exact) mass is 485 g/mol. The molecule has 2 aliphatic heterocycles. The number of anilines is 1. The van der Waals surface area contributed by atoms with Gasteiger partial charge < -0.3 is 4.90 Å². The number of rotatable bonds is 4. The molecule has 0 bridgehead atoms. The molecule has 3 aromatic carbocycles. The van der Waals surface area contributed by atoms with Crippen LogP contribution in [0.2, 0.25) is 0 Å². The van der Waals surface area contributed by atoms with Crippen molar-refractivity contribution >= 4 is 11.6 Å². The number of benzene rings is 3. The molecule has 1 saturated heterocycles. The van der Waals surface area contributed by atoms with Crippen LogP contribution in [0.15, 0.2) is 72.8 Å². The Bertz CT molecular complexity index is 1260. The molecule has 184 valence electrons. The molecule has 5 rings (SSSR count). The second kappa shape index (κ2) is 10.2. The maximum Gasteiger partial charge on any atom is 0.241 e. The largest absolute Gasteiger partial charge is 0.311 e. The van der Waals surface area contributed by atoms with Gasteiger partial charge in [-0.3, -0.25) is 9.69 Å². The lowest BCUT2D eigenvalue weighted by Gasteiger charge is -2.38. The molecule has 0 N–H and O–H groups in total. The normalized spacial score (nSPS) is 19.7. The van der Waals surface area contributed by atoms with Gasteiger partial charge in [0.05, 0.1) is 23.7 Å². The lowest BCUT2D eigenvalue weighted by atomic mass is 9.74. The van der Waals surface area contributed by atoms with E-state index in [-0.39, 0.29) is 30.0 Å². The molecule has 1 unspecified atom stereocenters. The Hall–Kier alpha value is -3.56. The Labute approximate surface area is 210 Å². The van der Waals surface area contributed by atoms with Crippen molar-refractivity contribution in [1.29, 1.82) is 5.26 Å². The van der Waals surface area contributed by atoms with Crippen LogP contribution in [0.1, 0.15) is 48.3 Å². The molecule has 4 nitrogen and oxygen atoms in total. The summed E-state index contributed by atoms with van der Waals surface area (Å²) in [6.07, 6.45) is 2.88. The van der Waals surface area contributed by atoms with Gasteiger partial charge in [0.2, 0.25) is 5.91 Å². The van der Waals surface area contributed by atoms with Crippen LogP contribution < -0.4 is 4.90 Å². The lowest BCUT2D eigenvalue weighted by molar-refractivity contribution is -0.120. The predicted octanol–water partition coefficient (Wildman–Crippen LogP) is 5.78. The second-order valence-electron chi connectivity index (χ2n) is 9.83. The van der Waals surface area contributed by atoms with E-state index in [2.05, 4.69) is 11.0 Å². The second-order valence-corrected chi connectivity index (χ2v) is 9.83. The fourth-order valence-corrected chi connectivity index (χ4v) is 5.67. The summed E-state index contributed by atoms with van der Waals surface area (Å²) in [4.78, 5) is 17.3. The average molecular weight is 486 g/mol. The maximum atomic E-state index is 14.4. The first-order valence-corrected chi connectivity index (χ1v) is 12.5. The number of fused-ring (bicyclic) bond motifs is 1. The molecule has 36 heavy (non-hydrogen) atoms. The summed E-state index contributed by atoms with van der Waals surface area (Å²) in [6, 6.07) is 23.5. The summed E-state index contributed by atoms with van der Waals surface area (Å²) in [7, 11) is 0. The van der Waals surface area contributed by atoms with E-state index in [1.807, 2.05) is 30.3 Å². The number of nitriles is 1. The molecule has 0 aliphatic carbocycles. The van der Waals surface area contributed by atoms with Gasteiger partial charge in [-0.05, 0) is 66.6 Å². The Morgan fingerprint density at radius 2 is 1.64 bits per heavy atom. The molecule has 6 heteroatoms. The maximum absolute atomic E-state index is 14.4. The smallest absolute Gasteiger partial charge is 0.241 e. The molecule has 1 amide bonds. The summed E-state index contributed by atoms with van der Waals surface area (Å²) < 4.78 is 27.9. The first kappa shape index (κ1) is 24.1. The SMILES string of the molecule is N#CC1(c2ccccc2)CCN(CC(=O)N2CCCC(c3ccc(F)cc3)c3ccc(F)cc32)CC1. The summed E-state index contributed by atoms with van der Waals surface area (Å²) in [5.74, 6) is -0.773. The summed E-state index contributed by atoms with van der Waals surface area (Å²) in [5, 5.41) is 9.97. The number of hydrogen-bond acceptors (Lipinski definition) is 3. The quantitative estimate of drug-likeness (QED) is 0.471. The fraction of sp³-hybridized carbons (Fsp3) is 0.333. The van der Waals surface area contributed by atoms with Crippen LogP contribution in [0, 0.1) is 23.0 Å². The van der Waals surface area contributed by atoms with Gasteiger partial charge in [0.15, 0.2) is 0 Å². The van der Waals surface area contributed by atoms with Gasteiger partial charge in [-0.25, -0.2) is 8.78 Å². The summed E-state index contributed by atoms with van der Waals surface area (Å²) in [5.41, 5.74) is 2.95. The minimum absolute atomic E-state index is 0.0314. The third kappa shape index (κ3) is 4.76. The Morgan fingerprint density at radius 1 is 0.944 bits per heavy atom. The van der Waals surface area contributed by atoms with Gasteiger partial charge in [0.25, 0.3) is 0 Å². The molecule has 0 saturated carbocycles. The first-order chi connectivity index (χ1) is 17.5. The highest BCUT2D eigenvalue weighted by Crippen LogP contribution is 2.40. The molecule has 3 aromatic rings. The number of piperidine rings is 1. The van der Waals surface area contributed by atoms with E-state index < -0.39 is 5.41 Å². The van der Waals surface area contributed by atoms with E-state index in [1.165, 1.54) is 24.3 Å². The van der Waals surface area contributed by atoms with Crippen molar-refractivity contribution in [3.05, 3.63) is 101 Å². The van der Waals surface area contributed by atoms with Crippen molar-refractivity contribution in [2.45, 2.75) is 37.0 Å². The topological polar surface area (TPSA) is 47.3 Å². The van der Waals surface area contributed by atoms with E-state index >= 15 is 0 Å². The van der Waals surface area contributed by atoms with Crippen molar-refractivity contribution in [3.63, 3.8) is 0 Å². The van der Waals surface area contributed by atoms with Crippen LogP contribution in [-0.4, -0.2) is 37.0 Å². The molecule has 2 heterocycles. The molecule has 1 atom stereocenters. The van der Waals surface area contributed by atoms with Gasteiger partial charge in [0.1, 0.15) is 11.6 Å². The number of carbonyl (C=O) groups excluding carboxylic acids is 1. The molecule has 2 aliphatic rings. The van der Waals surface area contributed by atoms with Gasteiger partial charge in [-0.15, -0.1) is 0 Å². The van der Waals surface area contributed by atoms with Crippen LogP contribution in [0.5, 0.6) is 0 Å². The highest BCUT2D eigenvalue weighted by Gasteiger charge is 2.37. The van der Waals surface area contributed by atoms with E-state index in [0.29, 0.717) is 38.2 Å². The van der Waals surface area contributed by atoms with E-state index in [4.69, 9.17) is 0 Å². The van der Waals surface area contributed by atoms with Crippen LogP contribution in [0.4, 0.5) is 14.5 Å². The molecule has 0 aromatic heterocycles. The number of carbonyl (C=O) groups is 1. The van der Waals surface area contributed by atoms with E-state index in [0.717, 1.165) is 29.5 Å². The zero-order chi connectivity index (χ0) is 25.1. The molecular formula is C30H29F2N3O. The van der Waals surface area contributed by atoms with E-state index in [9.17, 15) is 18.8 Å². The van der Waals surface area contributed by atoms with Crippen molar-refractivity contribution in [3.8, 4) is 6.07 Å². The van der Waals surface area contributed by atoms with Gasteiger partial charge in [-0.1, -0.05) is 48.5 Å². The molecule has 0 radical (unpaired) electrons. The predicted molar refractivity (Wildman–Crippen MR) is 136 cm³/mol. The Balaban J connectivity index is 1.34. The molecule has 0 spiro atoms. The highest BCUT2D eigenvalue weighted by molar-refractivity contribution is 5.96. The third-order valence-electron chi connectivity index (χ3n) is 7.72. The lowest BCUT2D eigenvalue weighted by Crippen LogP contribution is -2.47. The first-order valence-electron chi connectivity index (χ1n) is 12.5. The Morgan fingerprint density at radius 3 is 2.33 bits per heavy atom. The summed E-state index contributed by atoms with van der Waals surface area (Å²) in [6.45, 7) is 2.03. The van der Waals surface area contributed by atoms with Crippen molar-refractivity contribution in [2.24, 2.45) is 0 Å². The summed E-state index contributed by atoms with van der Waals surface area (Å²) >= 11 is 0. The van der Waals surface area contributed by atoms with Gasteiger partial charge in [0, 0.05) is 25.6 Å². The van der Waals surface area contributed by atoms with Gasteiger partial charge in [-0.2, -0.15) is 5.26 Å². The van der Waals surface area contributed by atoms with Crippen molar-refractivity contribution < 1.29 is 13.6 Å². The van der Waals surface area contributed by atoms with E-state index in [1.54, 1.807) is 23.1 Å². The molecule has 1 fully saturated rings. The van der Waals surface area contributed by atoms with Crippen LogP contribution in [0.25, 0.3) is 0 Å². The number of nitrogens with zero attached hydrogens (tertiary/aromatic N) is 3. The minimum atomic E-state index is -0.526. The van der Waals surface area contributed by atoms with Crippen molar-refractivity contribution in [1.82, 2.24) is 4.90 Å². The van der Waals surface area contributed by atoms with Gasteiger partial charge >= 0.3 is 0 Å². The zero-order valence-corrected chi connectivity index (χ0v) is 20.2. The number of likely N-dealkylation sites (tertiary alicyclic amines) is 1. The standard InChI is InChI=1S/C30H29F2N3O/c31-24-10-8-22(9-11-24)26-7-4-16-35(28-19-25(32)12-13-27(26)28)29(36)20-34-17-14-30(21-33,15-18-34)23-5-2-1-3-6-23/h1-3,5-6,8-13,19,26H,4,7,14-18,20H2. The Kier molecular flexibility index (Phi) is 6.84. The fourth-order valence-electron chi connectivity index (χ4n) is 5.67. The van der Waals surface area contributed by atoms with Crippen LogP contribution in [0.3, 0.4) is 0 Å². The third-order valence-corrected chi connectivity index (χ3v) is 7.72. The number of hydrogen-bond donors (Lipinski definition) is 0. The van der Waals surface area contributed by atoms with Crippen LogP contribution in [-0.2, 0) is 10.2 Å².